The quantitative estimate of drug-likeness (QED) is 0.573. The Balaban J connectivity index is 1.88. The van der Waals surface area contributed by atoms with E-state index in [9.17, 15) is 13.2 Å². The van der Waals surface area contributed by atoms with E-state index in [-0.39, 0.29) is 11.3 Å². The SMILES string of the molecule is O=CCc1cccc(OC(C2CO2)S(=O)(=O)c2ccccc2)c1. The fourth-order valence-corrected chi connectivity index (χ4v) is 3.87. The van der Waals surface area contributed by atoms with Gasteiger partial charge in [0.25, 0.3) is 0 Å². The average molecular weight is 332 g/mol. The van der Waals surface area contributed by atoms with E-state index < -0.39 is 21.4 Å². The Hall–Kier alpha value is -2.18. The van der Waals surface area contributed by atoms with Crippen LogP contribution >= 0.6 is 0 Å². The second-order valence-corrected chi connectivity index (χ2v) is 7.26. The highest BCUT2D eigenvalue weighted by molar-refractivity contribution is 7.92. The van der Waals surface area contributed by atoms with Crippen molar-refractivity contribution >= 4 is 16.1 Å². The molecule has 1 fully saturated rings. The Labute approximate surface area is 134 Å². The lowest BCUT2D eigenvalue weighted by atomic mass is 10.1. The summed E-state index contributed by atoms with van der Waals surface area (Å²) >= 11 is 0. The normalized spacial score (nSPS) is 18.2. The van der Waals surface area contributed by atoms with Gasteiger partial charge in [-0.15, -0.1) is 0 Å². The molecule has 0 saturated carbocycles. The molecule has 2 unspecified atom stereocenters. The Morgan fingerprint density at radius 1 is 1.17 bits per heavy atom. The van der Waals surface area contributed by atoms with Crippen molar-refractivity contribution in [2.45, 2.75) is 22.9 Å². The first-order valence-corrected chi connectivity index (χ1v) is 8.75. The van der Waals surface area contributed by atoms with Crippen LogP contribution in [0.4, 0.5) is 0 Å². The van der Waals surface area contributed by atoms with Gasteiger partial charge in [0.1, 0.15) is 18.1 Å². The minimum absolute atomic E-state index is 0.199. The van der Waals surface area contributed by atoms with Gasteiger partial charge >= 0.3 is 0 Å². The fraction of sp³-hybridized carbons (Fsp3) is 0.235. The fourth-order valence-electron chi connectivity index (χ4n) is 2.27. The molecule has 2 aromatic carbocycles. The van der Waals surface area contributed by atoms with Crippen molar-refractivity contribution in [3.63, 3.8) is 0 Å². The second-order valence-electron chi connectivity index (χ2n) is 5.23. The van der Waals surface area contributed by atoms with Crippen LogP contribution in [0.3, 0.4) is 0 Å². The van der Waals surface area contributed by atoms with Crippen LogP contribution < -0.4 is 4.74 Å². The van der Waals surface area contributed by atoms with Crippen LogP contribution in [0.2, 0.25) is 0 Å². The van der Waals surface area contributed by atoms with Crippen molar-refractivity contribution in [1.29, 1.82) is 0 Å². The van der Waals surface area contributed by atoms with Gasteiger partial charge in [-0.3, -0.25) is 0 Å². The minimum Gasteiger partial charge on any atom is -0.471 e. The van der Waals surface area contributed by atoms with Crippen LogP contribution in [-0.4, -0.2) is 32.9 Å². The van der Waals surface area contributed by atoms with E-state index in [4.69, 9.17) is 9.47 Å². The number of carbonyl (C=O) groups excluding carboxylic acids is 1. The smallest absolute Gasteiger partial charge is 0.231 e. The molecule has 0 spiro atoms. The number of sulfone groups is 1. The van der Waals surface area contributed by atoms with Crippen molar-refractivity contribution in [1.82, 2.24) is 0 Å². The summed E-state index contributed by atoms with van der Waals surface area (Å²) in [6, 6.07) is 15.0. The number of carbonyl (C=O) groups is 1. The van der Waals surface area contributed by atoms with E-state index in [1.165, 1.54) is 12.1 Å². The molecule has 23 heavy (non-hydrogen) atoms. The van der Waals surface area contributed by atoms with Crippen molar-refractivity contribution in [3.05, 3.63) is 60.2 Å². The summed E-state index contributed by atoms with van der Waals surface area (Å²) in [4.78, 5) is 10.8. The van der Waals surface area contributed by atoms with Crippen LogP contribution in [-0.2, 0) is 25.8 Å². The molecule has 0 N–H and O–H groups in total. The standard InChI is InChI=1S/C17H16O5S/c18-10-9-13-5-4-6-14(11-13)22-17(16-12-21-16)23(19,20)15-7-2-1-3-8-15/h1-8,10-11,16-17H,9,12H2. The molecule has 0 aliphatic carbocycles. The zero-order valence-electron chi connectivity index (χ0n) is 12.3. The molecule has 3 rings (SSSR count). The number of aldehydes is 1. The van der Waals surface area contributed by atoms with Crippen LogP contribution in [0.25, 0.3) is 0 Å². The van der Waals surface area contributed by atoms with Gasteiger partial charge in [0.2, 0.25) is 15.3 Å². The Morgan fingerprint density at radius 2 is 1.91 bits per heavy atom. The molecule has 1 aliphatic heterocycles. The predicted octanol–water partition coefficient (Wildman–Crippen LogP) is 2.01. The number of epoxide rings is 1. The molecular formula is C17H16O5S. The lowest BCUT2D eigenvalue weighted by Gasteiger charge is -2.18. The van der Waals surface area contributed by atoms with E-state index in [1.807, 2.05) is 0 Å². The summed E-state index contributed by atoms with van der Waals surface area (Å²) in [5, 5.41) is 0. The number of ether oxygens (including phenoxy) is 2. The van der Waals surface area contributed by atoms with Crippen molar-refractivity contribution in [2.75, 3.05) is 6.61 Å². The monoisotopic (exact) mass is 332 g/mol. The van der Waals surface area contributed by atoms with Gasteiger partial charge in [-0.25, -0.2) is 8.42 Å². The molecule has 2 atom stereocenters. The third-order valence-electron chi connectivity index (χ3n) is 3.51. The summed E-state index contributed by atoms with van der Waals surface area (Å²) in [6.07, 6.45) is 0.573. The Morgan fingerprint density at radius 3 is 2.57 bits per heavy atom. The Bertz CT molecular complexity index is 782. The molecule has 120 valence electrons. The van der Waals surface area contributed by atoms with Gasteiger partial charge in [-0.1, -0.05) is 30.3 Å². The summed E-state index contributed by atoms with van der Waals surface area (Å²) in [7, 11) is -3.68. The van der Waals surface area contributed by atoms with E-state index >= 15 is 0 Å². The van der Waals surface area contributed by atoms with Crippen LogP contribution in [0, 0.1) is 0 Å². The maximum atomic E-state index is 12.8. The minimum atomic E-state index is -3.68. The highest BCUT2D eigenvalue weighted by Crippen LogP contribution is 2.29. The second kappa shape index (κ2) is 6.52. The molecule has 2 aromatic rings. The summed E-state index contributed by atoms with van der Waals surface area (Å²) in [5.74, 6) is 0.407. The van der Waals surface area contributed by atoms with Crippen molar-refractivity contribution < 1.29 is 22.7 Å². The van der Waals surface area contributed by atoms with Crippen LogP contribution in [0.5, 0.6) is 5.75 Å². The van der Waals surface area contributed by atoms with Gasteiger partial charge in [-0.05, 0) is 29.8 Å². The largest absolute Gasteiger partial charge is 0.471 e. The first-order valence-electron chi connectivity index (χ1n) is 7.21. The summed E-state index contributed by atoms with van der Waals surface area (Å²) < 4.78 is 36.4. The maximum absolute atomic E-state index is 12.8. The number of benzene rings is 2. The lowest BCUT2D eigenvalue weighted by molar-refractivity contribution is -0.107. The third kappa shape index (κ3) is 3.60. The number of rotatable bonds is 7. The molecule has 0 aromatic heterocycles. The molecule has 6 heteroatoms. The molecule has 1 aliphatic rings. The van der Waals surface area contributed by atoms with Gasteiger partial charge < -0.3 is 14.3 Å². The lowest BCUT2D eigenvalue weighted by Crippen LogP contribution is -2.33. The Kier molecular flexibility index (Phi) is 4.45. The first kappa shape index (κ1) is 15.7. The first-order chi connectivity index (χ1) is 11.1. The van der Waals surface area contributed by atoms with E-state index in [0.717, 1.165) is 11.8 Å². The van der Waals surface area contributed by atoms with Gasteiger partial charge in [0, 0.05) is 6.42 Å². The highest BCUT2D eigenvalue weighted by atomic mass is 32.2. The van der Waals surface area contributed by atoms with Gasteiger partial charge in [0.05, 0.1) is 11.5 Å². The maximum Gasteiger partial charge on any atom is 0.231 e. The predicted molar refractivity (Wildman–Crippen MR) is 84.0 cm³/mol. The zero-order valence-corrected chi connectivity index (χ0v) is 13.1. The third-order valence-corrected chi connectivity index (χ3v) is 5.45. The molecular weight excluding hydrogens is 316 g/mol. The zero-order chi connectivity index (χ0) is 16.3. The molecule has 0 radical (unpaired) electrons. The molecule has 1 heterocycles. The van der Waals surface area contributed by atoms with E-state index in [2.05, 4.69) is 0 Å². The van der Waals surface area contributed by atoms with E-state index in [1.54, 1.807) is 42.5 Å². The van der Waals surface area contributed by atoms with Crippen LogP contribution in [0.1, 0.15) is 5.56 Å². The van der Waals surface area contributed by atoms with Crippen LogP contribution in [0.15, 0.2) is 59.5 Å². The van der Waals surface area contributed by atoms with E-state index in [0.29, 0.717) is 12.4 Å². The molecule has 0 amide bonds. The number of hydrogen-bond acceptors (Lipinski definition) is 5. The molecule has 0 bridgehead atoms. The van der Waals surface area contributed by atoms with Gasteiger partial charge in [-0.2, -0.15) is 0 Å². The average Bonchev–Trinajstić information content (AvgIpc) is 3.39. The van der Waals surface area contributed by atoms with Gasteiger partial charge in [0.15, 0.2) is 0 Å². The summed E-state index contributed by atoms with van der Waals surface area (Å²) in [6.45, 7) is 0.352. The van der Waals surface area contributed by atoms with Crippen molar-refractivity contribution in [3.8, 4) is 5.75 Å². The molecule has 5 nitrogen and oxygen atoms in total. The topological polar surface area (TPSA) is 73.0 Å². The highest BCUT2D eigenvalue weighted by Gasteiger charge is 2.44. The van der Waals surface area contributed by atoms with Crippen molar-refractivity contribution in [2.24, 2.45) is 0 Å². The summed E-state index contributed by atoms with van der Waals surface area (Å²) in [5.41, 5.74) is -0.332. The number of hydrogen-bond donors (Lipinski definition) is 0. The molecule has 1 saturated heterocycles.